The maximum atomic E-state index is 12.4. The smallest absolute Gasteiger partial charge is 0.260 e. The van der Waals surface area contributed by atoms with E-state index in [4.69, 9.17) is 5.73 Å². The van der Waals surface area contributed by atoms with Crippen LogP contribution < -0.4 is 16.2 Å². The van der Waals surface area contributed by atoms with Gasteiger partial charge in [-0.05, 0) is 34.8 Å². The second-order valence-electron chi connectivity index (χ2n) is 6.92. The van der Waals surface area contributed by atoms with Crippen LogP contribution in [0, 0.1) is 5.92 Å². The summed E-state index contributed by atoms with van der Waals surface area (Å²) in [5.41, 5.74) is 10.4. The summed E-state index contributed by atoms with van der Waals surface area (Å²) in [5.74, 6) is 0.776. The zero-order chi connectivity index (χ0) is 20.1. The largest absolute Gasteiger partial charge is 0.404 e. The number of hydrazine groups is 1. The van der Waals surface area contributed by atoms with Crippen LogP contribution in [0.1, 0.15) is 19.2 Å². The molecule has 4 N–H and O–H groups in total. The molecule has 0 bridgehead atoms. The van der Waals surface area contributed by atoms with Crippen LogP contribution in [-0.2, 0) is 4.79 Å². The number of carbonyl (C=O) groups excluding carboxylic acids is 1. The molecule has 1 aliphatic heterocycles. The van der Waals surface area contributed by atoms with Gasteiger partial charge in [-0.25, -0.2) is 15.4 Å². The van der Waals surface area contributed by atoms with Gasteiger partial charge in [0, 0.05) is 37.1 Å². The first-order valence-electron chi connectivity index (χ1n) is 9.02. The van der Waals surface area contributed by atoms with Gasteiger partial charge in [0.15, 0.2) is 12.0 Å². The van der Waals surface area contributed by atoms with Crippen molar-refractivity contribution in [3.05, 3.63) is 64.8 Å². The van der Waals surface area contributed by atoms with Gasteiger partial charge >= 0.3 is 0 Å². The Morgan fingerprint density at radius 2 is 2.25 bits per heavy atom. The average molecular weight is 444 g/mol. The molecule has 2 heterocycles. The van der Waals surface area contributed by atoms with Crippen molar-refractivity contribution >= 4 is 33.6 Å². The van der Waals surface area contributed by atoms with Crippen LogP contribution in [0.3, 0.4) is 0 Å². The molecule has 0 fully saturated rings. The molecule has 1 aliphatic carbocycles. The maximum absolute atomic E-state index is 12.4. The Kier molecular flexibility index (Phi) is 6.21. The first-order chi connectivity index (χ1) is 13.4. The summed E-state index contributed by atoms with van der Waals surface area (Å²) in [4.78, 5) is 24.2. The molecule has 7 nitrogen and oxygen atoms in total. The van der Waals surface area contributed by atoms with E-state index in [1.165, 1.54) is 6.20 Å². The number of allylic oxidation sites excluding steroid dienone is 3. The van der Waals surface area contributed by atoms with Crippen LogP contribution >= 0.6 is 15.9 Å². The fourth-order valence-electron chi connectivity index (χ4n) is 3.27. The van der Waals surface area contributed by atoms with Gasteiger partial charge in [-0.3, -0.25) is 14.8 Å². The maximum Gasteiger partial charge on any atom is 0.260 e. The molecule has 0 saturated heterocycles. The number of hydrogen-bond acceptors (Lipinski definition) is 5. The van der Waals surface area contributed by atoms with E-state index in [0.717, 1.165) is 22.0 Å². The number of nitrogens with one attached hydrogen (secondary N) is 2. The van der Waals surface area contributed by atoms with Gasteiger partial charge in [0.05, 0.1) is 15.6 Å². The van der Waals surface area contributed by atoms with Crippen LogP contribution in [0.2, 0.25) is 0 Å². The van der Waals surface area contributed by atoms with Crippen molar-refractivity contribution in [2.45, 2.75) is 18.9 Å². The Balaban J connectivity index is 1.72. The number of hydrogen-bond donors (Lipinski definition) is 3. The third-order valence-corrected chi connectivity index (χ3v) is 5.17. The molecule has 0 aromatic carbocycles. The van der Waals surface area contributed by atoms with E-state index in [2.05, 4.69) is 42.4 Å². The van der Waals surface area contributed by atoms with Crippen molar-refractivity contribution in [3.63, 3.8) is 0 Å². The normalized spacial score (nSPS) is 25.5. The van der Waals surface area contributed by atoms with Crippen LogP contribution in [0.5, 0.6) is 0 Å². The van der Waals surface area contributed by atoms with Gasteiger partial charge in [-0.2, -0.15) is 0 Å². The molecule has 2 atom stereocenters. The number of halogens is 1. The molecular weight excluding hydrogens is 420 g/mol. The summed E-state index contributed by atoms with van der Waals surface area (Å²) in [6, 6.07) is 0. The van der Waals surface area contributed by atoms with E-state index in [1.807, 2.05) is 38.4 Å². The lowest BCUT2D eigenvalue weighted by Crippen LogP contribution is -2.66. The number of amides is 1. The summed E-state index contributed by atoms with van der Waals surface area (Å²) in [6.45, 7) is 2.51. The van der Waals surface area contributed by atoms with E-state index in [0.29, 0.717) is 12.4 Å². The van der Waals surface area contributed by atoms with E-state index in [-0.39, 0.29) is 11.8 Å². The molecule has 2 aliphatic rings. The Bertz CT molecular complexity index is 886. The first kappa shape index (κ1) is 20.2. The highest BCUT2D eigenvalue weighted by molar-refractivity contribution is 9.10. The average Bonchev–Trinajstić information content (AvgIpc) is 2.70. The van der Waals surface area contributed by atoms with Crippen LogP contribution in [0.25, 0.3) is 5.57 Å². The van der Waals surface area contributed by atoms with Crippen molar-refractivity contribution in [1.29, 1.82) is 0 Å². The minimum absolute atomic E-state index is 0.0808. The second-order valence-corrected chi connectivity index (χ2v) is 7.83. The molecule has 0 radical (unpaired) electrons. The third kappa shape index (κ3) is 4.45. The van der Waals surface area contributed by atoms with Crippen molar-refractivity contribution in [2.75, 3.05) is 13.6 Å². The summed E-state index contributed by atoms with van der Waals surface area (Å²) in [5, 5.41) is 1.65. The van der Waals surface area contributed by atoms with Crippen LogP contribution in [0.15, 0.2) is 59.0 Å². The van der Waals surface area contributed by atoms with Crippen molar-refractivity contribution < 1.29 is 9.79 Å². The molecule has 1 aromatic heterocycles. The monoisotopic (exact) mass is 443 g/mol. The van der Waals surface area contributed by atoms with E-state index in [1.54, 1.807) is 23.5 Å². The molecular formula is C20H24BrN6O+. The van der Waals surface area contributed by atoms with Crippen molar-refractivity contribution in [3.8, 4) is 0 Å². The topological polar surface area (TPSA) is 98.1 Å². The van der Waals surface area contributed by atoms with Gasteiger partial charge in [0.2, 0.25) is 0 Å². The minimum Gasteiger partial charge on any atom is -0.404 e. The van der Waals surface area contributed by atoms with Gasteiger partial charge in [0.1, 0.15) is 7.05 Å². The molecule has 1 aromatic rings. The fourth-order valence-corrected chi connectivity index (χ4v) is 3.48. The molecule has 146 valence electrons. The number of aromatic nitrogens is 2. The predicted octanol–water partition coefficient (Wildman–Crippen LogP) is 0.484. The molecule has 0 spiro atoms. The lowest BCUT2D eigenvalue weighted by molar-refractivity contribution is -0.413. The highest BCUT2D eigenvalue weighted by Gasteiger charge is 2.34. The molecule has 3 rings (SSSR count). The van der Waals surface area contributed by atoms with Gasteiger partial charge in [-0.15, -0.1) is 0 Å². The SMILES string of the molecule is C[NH+]=CC(=CN)C1(C)C=CC(=O)N(CC2C=CC=C(c3ncc(Br)cn3)C2)N1. The number of nitrogens with zero attached hydrogens (tertiary/aromatic N) is 3. The molecule has 1 amide bonds. The highest BCUT2D eigenvalue weighted by atomic mass is 79.9. The predicted molar refractivity (Wildman–Crippen MR) is 113 cm³/mol. The van der Waals surface area contributed by atoms with Gasteiger partial charge in [0.25, 0.3) is 5.91 Å². The number of carbonyl (C=O) groups is 1. The van der Waals surface area contributed by atoms with Crippen molar-refractivity contribution in [2.24, 2.45) is 11.7 Å². The minimum atomic E-state index is -0.572. The second kappa shape index (κ2) is 8.62. The van der Waals surface area contributed by atoms with Gasteiger partial charge < -0.3 is 5.73 Å². The highest BCUT2D eigenvalue weighted by Crippen LogP contribution is 2.27. The fraction of sp³-hybridized carbons (Fsp3) is 0.300. The van der Waals surface area contributed by atoms with Crippen molar-refractivity contribution in [1.82, 2.24) is 20.4 Å². The summed E-state index contributed by atoms with van der Waals surface area (Å²) in [7, 11) is 1.81. The lowest BCUT2D eigenvalue weighted by Gasteiger charge is -2.39. The molecule has 28 heavy (non-hydrogen) atoms. The first-order valence-corrected chi connectivity index (χ1v) is 9.81. The quantitative estimate of drug-likeness (QED) is 0.575. The Morgan fingerprint density at radius 1 is 1.50 bits per heavy atom. The zero-order valence-electron chi connectivity index (χ0n) is 15.9. The molecule has 8 heteroatoms. The lowest BCUT2D eigenvalue weighted by atomic mass is 9.90. The Hall–Kier alpha value is -2.58. The zero-order valence-corrected chi connectivity index (χ0v) is 17.5. The Morgan fingerprint density at radius 3 is 2.93 bits per heavy atom. The number of nitrogens with two attached hydrogens (primary N) is 1. The summed E-state index contributed by atoms with van der Waals surface area (Å²) >= 11 is 3.36. The molecule has 0 saturated carbocycles. The number of rotatable bonds is 5. The van der Waals surface area contributed by atoms with Crippen LogP contribution in [0.4, 0.5) is 0 Å². The summed E-state index contributed by atoms with van der Waals surface area (Å²) in [6.07, 6.45) is 17.1. The van der Waals surface area contributed by atoms with E-state index >= 15 is 0 Å². The Labute approximate surface area is 172 Å². The molecule has 2 unspecified atom stereocenters. The van der Waals surface area contributed by atoms with E-state index in [9.17, 15) is 4.79 Å². The van der Waals surface area contributed by atoms with E-state index < -0.39 is 5.54 Å². The third-order valence-electron chi connectivity index (χ3n) is 4.76. The van der Waals surface area contributed by atoms with Crippen LogP contribution in [-0.4, -0.2) is 46.2 Å². The summed E-state index contributed by atoms with van der Waals surface area (Å²) < 4.78 is 0.844. The van der Waals surface area contributed by atoms with Gasteiger partial charge in [-0.1, -0.05) is 24.3 Å². The standard InChI is InChI=1S/C20H23BrN6O/c1-20(16(9-22)10-23-2)7-6-18(28)27(26-20)13-14-4-3-5-15(8-14)19-24-11-17(21)12-25-19/h3-7,9-12,14,26H,8,13,22H2,1-2H3/p+1.